The van der Waals surface area contributed by atoms with Gasteiger partial charge >= 0.3 is 0 Å². The third kappa shape index (κ3) is 4.11. The van der Waals surface area contributed by atoms with E-state index < -0.39 is 0 Å². The Hall–Kier alpha value is -2.86. The van der Waals surface area contributed by atoms with Crippen molar-refractivity contribution in [2.24, 2.45) is 0 Å². The van der Waals surface area contributed by atoms with Gasteiger partial charge < -0.3 is 4.98 Å². The summed E-state index contributed by atoms with van der Waals surface area (Å²) in [6.07, 6.45) is 4.83. The molecule has 1 aromatic carbocycles. The van der Waals surface area contributed by atoms with Gasteiger partial charge in [0.2, 0.25) is 0 Å². The highest BCUT2D eigenvalue weighted by atomic mass is 19.1. The Kier molecular flexibility index (Phi) is 5.07. The minimum absolute atomic E-state index is 0.0635. The Morgan fingerprint density at radius 2 is 2.00 bits per heavy atom. The number of rotatable bonds is 4. The molecule has 2 aromatic heterocycles. The van der Waals surface area contributed by atoms with Crippen molar-refractivity contribution in [1.29, 1.82) is 0 Å². The van der Waals surface area contributed by atoms with Crippen molar-refractivity contribution in [3.8, 4) is 11.5 Å². The van der Waals surface area contributed by atoms with Crippen LogP contribution in [-0.2, 0) is 6.54 Å². The van der Waals surface area contributed by atoms with Crippen LogP contribution in [0.25, 0.3) is 11.5 Å². The van der Waals surface area contributed by atoms with E-state index in [1.165, 1.54) is 12.1 Å². The lowest BCUT2D eigenvalue weighted by Crippen LogP contribution is -2.34. The first-order valence-electron chi connectivity index (χ1n) is 9.20. The van der Waals surface area contributed by atoms with Crippen LogP contribution in [0.1, 0.15) is 36.6 Å². The first-order valence-corrected chi connectivity index (χ1v) is 9.20. The molecule has 0 unspecified atom stereocenters. The highest BCUT2D eigenvalue weighted by Gasteiger charge is 2.26. The van der Waals surface area contributed by atoms with Crippen molar-refractivity contribution in [2.75, 3.05) is 6.54 Å². The zero-order valence-corrected chi connectivity index (χ0v) is 14.9. The van der Waals surface area contributed by atoms with E-state index in [0.29, 0.717) is 18.1 Å². The van der Waals surface area contributed by atoms with Crippen molar-refractivity contribution in [3.05, 3.63) is 82.2 Å². The normalized spacial score (nSPS) is 17.7. The van der Waals surface area contributed by atoms with Crippen molar-refractivity contribution in [2.45, 2.75) is 31.8 Å². The molecule has 0 bridgehead atoms. The number of aromatic nitrogens is 3. The Balaban J connectivity index is 1.64. The molecule has 1 fully saturated rings. The van der Waals surface area contributed by atoms with Gasteiger partial charge in [-0.1, -0.05) is 24.6 Å². The van der Waals surface area contributed by atoms with Crippen LogP contribution in [0.4, 0.5) is 4.39 Å². The number of hydrogen-bond donors (Lipinski definition) is 1. The molecule has 6 heteroatoms. The maximum atomic E-state index is 13.2. The molecule has 1 atom stereocenters. The zero-order valence-electron chi connectivity index (χ0n) is 14.9. The summed E-state index contributed by atoms with van der Waals surface area (Å²) in [5.41, 5.74) is 2.30. The van der Waals surface area contributed by atoms with E-state index in [-0.39, 0.29) is 17.4 Å². The topological polar surface area (TPSA) is 61.9 Å². The zero-order chi connectivity index (χ0) is 18.6. The van der Waals surface area contributed by atoms with Crippen LogP contribution in [-0.4, -0.2) is 26.4 Å². The minimum Gasteiger partial charge on any atom is -0.305 e. The SMILES string of the molecule is O=c1cc([C@@H]2CCCCN2Cc2ccc(F)cc2)nc(-c2ccccn2)[nH]1. The summed E-state index contributed by atoms with van der Waals surface area (Å²) in [6.45, 7) is 1.63. The van der Waals surface area contributed by atoms with Crippen molar-refractivity contribution >= 4 is 0 Å². The first-order chi connectivity index (χ1) is 13.2. The average molecular weight is 364 g/mol. The molecular weight excluding hydrogens is 343 g/mol. The van der Waals surface area contributed by atoms with Gasteiger partial charge in [0.25, 0.3) is 5.56 Å². The average Bonchev–Trinajstić information content (AvgIpc) is 2.70. The number of nitrogens with zero attached hydrogens (tertiary/aromatic N) is 3. The van der Waals surface area contributed by atoms with Gasteiger partial charge in [-0.3, -0.25) is 14.7 Å². The van der Waals surface area contributed by atoms with Gasteiger partial charge in [-0.15, -0.1) is 0 Å². The smallest absolute Gasteiger partial charge is 0.251 e. The van der Waals surface area contributed by atoms with Crippen molar-refractivity contribution in [3.63, 3.8) is 0 Å². The molecule has 5 nitrogen and oxygen atoms in total. The molecular formula is C21H21FN4O. The largest absolute Gasteiger partial charge is 0.305 e. The number of pyridine rings is 1. The molecule has 1 N–H and O–H groups in total. The van der Waals surface area contributed by atoms with Crippen molar-refractivity contribution < 1.29 is 4.39 Å². The lowest BCUT2D eigenvalue weighted by Gasteiger charge is -2.35. The van der Waals surface area contributed by atoms with Crippen LogP contribution in [0.5, 0.6) is 0 Å². The lowest BCUT2D eigenvalue weighted by molar-refractivity contribution is 0.137. The predicted octanol–water partition coefficient (Wildman–Crippen LogP) is 3.70. The van der Waals surface area contributed by atoms with Crippen LogP contribution < -0.4 is 5.56 Å². The summed E-state index contributed by atoms with van der Waals surface area (Å²) in [7, 11) is 0. The van der Waals surface area contributed by atoms with E-state index in [1.807, 2.05) is 30.3 Å². The fourth-order valence-corrected chi connectivity index (χ4v) is 3.61. The maximum Gasteiger partial charge on any atom is 0.251 e. The van der Waals surface area contributed by atoms with Crippen LogP contribution in [0.3, 0.4) is 0 Å². The Bertz CT molecular complexity index is 956. The molecule has 3 heterocycles. The number of aromatic amines is 1. The molecule has 0 saturated carbocycles. The second-order valence-electron chi connectivity index (χ2n) is 6.84. The predicted molar refractivity (Wildman–Crippen MR) is 101 cm³/mol. The quantitative estimate of drug-likeness (QED) is 0.767. The second-order valence-corrected chi connectivity index (χ2v) is 6.84. The highest BCUT2D eigenvalue weighted by Crippen LogP contribution is 2.31. The molecule has 1 aliphatic heterocycles. The van der Waals surface area contributed by atoms with E-state index in [0.717, 1.165) is 37.1 Å². The molecule has 138 valence electrons. The van der Waals surface area contributed by atoms with Gasteiger partial charge in [0.05, 0.1) is 11.7 Å². The number of likely N-dealkylation sites (tertiary alicyclic amines) is 1. The van der Waals surface area contributed by atoms with E-state index in [4.69, 9.17) is 4.98 Å². The number of piperidine rings is 1. The standard InChI is InChI=1S/C21H21FN4O/c22-16-9-7-15(8-10-16)14-26-12-4-2-6-19(26)18-13-20(27)25-21(24-18)17-5-1-3-11-23-17/h1,3,5,7-11,13,19H,2,4,6,12,14H2,(H,24,25,27)/t19-/m0/s1. The Morgan fingerprint density at radius 1 is 1.15 bits per heavy atom. The van der Waals surface area contributed by atoms with E-state index >= 15 is 0 Å². The summed E-state index contributed by atoms with van der Waals surface area (Å²) < 4.78 is 13.2. The van der Waals surface area contributed by atoms with Gasteiger partial charge in [-0.2, -0.15) is 0 Å². The Morgan fingerprint density at radius 3 is 2.78 bits per heavy atom. The van der Waals surface area contributed by atoms with Crippen molar-refractivity contribution in [1.82, 2.24) is 19.9 Å². The molecule has 1 aliphatic rings. The molecule has 0 aliphatic carbocycles. The van der Waals surface area contributed by atoms with Gasteiger partial charge in [-0.25, -0.2) is 9.37 Å². The van der Waals surface area contributed by atoms with E-state index in [2.05, 4.69) is 14.9 Å². The van der Waals surface area contributed by atoms with Gasteiger partial charge in [0, 0.05) is 18.8 Å². The summed E-state index contributed by atoms with van der Waals surface area (Å²) in [5.74, 6) is 0.260. The third-order valence-corrected chi connectivity index (χ3v) is 4.92. The van der Waals surface area contributed by atoms with Crippen LogP contribution in [0.15, 0.2) is 59.5 Å². The summed E-state index contributed by atoms with van der Waals surface area (Å²) in [6, 6.07) is 13.8. The Labute approximate surface area is 156 Å². The van der Waals surface area contributed by atoms with Gasteiger partial charge in [0.1, 0.15) is 11.5 Å². The number of H-pyrrole nitrogens is 1. The molecule has 0 spiro atoms. The van der Waals surface area contributed by atoms with Gasteiger partial charge in [0.15, 0.2) is 5.82 Å². The second kappa shape index (κ2) is 7.80. The summed E-state index contributed by atoms with van der Waals surface area (Å²) >= 11 is 0. The monoisotopic (exact) mass is 364 g/mol. The fraction of sp³-hybridized carbons (Fsp3) is 0.286. The minimum atomic E-state index is -0.231. The lowest BCUT2D eigenvalue weighted by atomic mass is 9.98. The van der Waals surface area contributed by atoms with E-state index in [9.17, 15) is 9.18 Å². The number of nitrogens with one attached hydrogen (secondary N) is 1. The highest BCUT2D eigenvalue weighted by molar-refractivity contribution is 5.48. The maximum absolute atomic E-state index is 13.2. The van der Waals surface area contributed by atoms with E-state index in [1.54, 1.807) is 12.3 Å². The molecule has 0 amide bonds. The fourth-order valence-electron chi connectivity index (χ4n) is 3.61. The number of benzene rings is 1. The molecule has 3 aromatic rings. The summed E-state index contributed by atoms with van der Waals surface area (Å²) in [5, 5.41) is 0. The first kappa shape index (κ1) is 17.5. The van der Waals surface area contributed by atoms with Crippen LogP contribution in [0.2, 0.25) is 0 Å². The number of hydrogen-bond acceptors (Lipinski definition) is 4. The summed E-state index contributed by atoms with van der Waals surface area (Å²) in [4.78, 5) is 26.4. The van der Waals surface area contributed by atoms with Crippen LogP contribution >= 0.6 is 0 Å². The molecule has 27 heavy (non-hydrogen) atoms. The molecule has 1 saturated heterocycles. The number of halogens is 1. The molecule has 4 rings (SSSR count). The van der Waals surface area contributed by atoms with Gasteiger partial charge in [-0.05, 0) is 49.2 Å². The van der Waals surface area contributed by atoms with Crippen LogP contribution in [0, 0.1) is 5.82 Å². The third-order valence-electron chi connectivity index (χ3n) is 4.92. The molecule has 0 radical (unpaired) electrons.